The van der Waals surface area contributed by atoms with Crippen LogP contribution in [0.25, 0.3) is 0 Å². The second kappa shape index (κ2) is 4.57. The number of aromatic nitrogens is 2. The molecule has 0 aliphatic rings. The lowest BCUT2D eigenvalue weighted by molar-refractivity contribution is 0.721. The Morgan fingerprint density at radius 3 is 2.88 bits per heavy atom. The Bertz CT molecular complexity index is 476. The van der Waals surface area contributed by atoms with Gasteiger partial charge in [0.1, 0.15) is 5.15 Å². The molecule has 0 saturated carbocycles. The van der Waals surface area contributed by atoms with Crippen LogP contribution in [0.1, 0.15) is 22.9 Å². The van der Waals surface area contributed by atoms with Gasteiger partial charge in [-0.2, -0.15) is 16.4 Å². The Labute approximate surface area is 104 Å². The molecular weight excluding hydrogens is 242 g/mol. The summed E-state index contributed by atoms with van der Waals surface area (Å²) in [6.07, 6.45) is 0.731. The van der Waals surface area contributed by atoms with E-state index in [0.717, 1.165) is 23.2 Å². The van der Waals surface area contributed by atoms with Crippen LogP contribution in [0.2, 0.25) is 5.15 Å². The van der Waals surface area contributed by atoms with Crippen molar-refractivity contribution in [1.82, 2.24) is 9.78 Å². The third-order valence-electron chi connectivity index (χ3n) is 2.67. The number of thiophene rings is 1. The first-order chi connectivity index (χ1) is 7.59. The first-order valence-corrected chi connectivity index (χ1v) is 6.37. The smallest absolute Gasteiger partial charge is 0.130 e. The van der Waals surface area contributed by atoms with E-state index in [4.69, 9.17) is 17.3 Å². The molecule has 2 N–H and O–H groups in total. The number of hydrogen-bond donors (Lipinski definition) is 1. The van der Waals surface area contributed by atoms with E-state index in [-0.39, 0.29) is 6.04 Å². The van der Waals surface area contributed by atoms with Crippen LogP contribution in [0.5, 0.6) is 0 Å². The van der Waals surface area contributed by atoms with Crippen LogP contribution >= 0.6 is 22.9 Å². The first kappa shape index (κ1) is 11.6. The van der Waals surface area contributed by atoms with E-state index in [1.54, 1.807) is 16.0 Å². The predicted molar refractivity (Wildman–Crippen MR) is 67.9 cm³/mol. The van der Waals surface area contributed by atoms with Gasteiger partial charge < -0.3 is 5.73 Å². The zero-order valence-corrected chi connectivity index (χ0v) is 10.8. The Morgan fingerprint density at radius 1 is 1.62 bits per heavy atom. The van der Waals surface area contributed by atoms with E-state index in [9.17, 15) is 0 Å². The predicted octanol–water partition coefficient (Wildman–Crippen LogP) is 2.69. The molecule has 0 aromatic carbocycles. The minimum absolute atomic E-state index is 0.00773. The van der Waals surface area contributed by atoms with E-state index in [0.29, 0.717) is 5.15 Å². The maximum Gasteiger partial charge on any atom is 0.130 e. The maximum absolute atomic E-state index is 6.17. The monoisotopic (exact) mass is 255 g/mol. The summed E-state index contributed by atoms with van der Waals surface area (Å²) in [6, 6.07) is 2.04. The van der Waals surface area contributed by atoms with Crippen molar-refractivity contribution in [1.29, 1.82) is 0 Å². The van der Waals surface area contributed by atoms with Crippen LogP contribution in [0, 0.1) is 6.92 Å². The Balaban J connectivity index is 2.21. The highest BCUT2D eigenvalue weighted by atomic mass is 35.5. The Hall–Kier alpha value is -0.840. The minimum atomic E-state index is -0.00773. The van der Waals surface area contributed by atoms with Gasteiger partial charge in [0.15, 0.2) is 0 Å². The molecule has 0 fully saturated rings. The van der Waals surface area contributed by atoms with Gasteiger partial charge in [-0.05, 0) is 35.7 Å². The number of nitrogens with zero attached hydrogens (tertiary/aromatic N) is 2. The van der Waals surface area contributed by atoms with Crippen molar-refractivity contribution in [2.75, 3.05) is 0 Å². The summed E-state index contributed by atoms with van der Waals surface area (Å²) in [5.74, 6) is 0. The van der Waals surface area contributed by atoms with Crippen molar-refractivity contribution in [3.63, 3.8) is 0 Å². The molecule has 5 heteroatoms. The van der Waals surface area contributed by atoms with Crippen molar-refractivity contribution < 1.29 is 0 Å². The van der Waals surface area contributed by atoms with Crippen LogP contribution in [0.4, 0.5) is 0 Å². The van der Waals surface area contributed by atoms with E-state index in [1.165, 1.54) is 0 Å². The molecule has 0 saturated heterocycles. The molecule has 0 radical (unpaired) electrons. The van der Waals surface area contributed by atoms with Crippen LogP contribution < -0.4 is 5.73 Å². The largest absolute Gasteiger partial charge is 0.324 e. The van der Waals surface area contributed by atoms with Crippen molar-refractivity contribution in [2.24, 2.45) is 12.8 Å². The molecule has 0 bridgehead atoms. The highest BCUT2D eigenvalue weighted by Gasteiger charge is 2.15. The number of hydrogen-bond acceptors (Lipinski definition) is 3. The molecule has 0 aliphatic heterocycles. The highest BCUT2D eigenvalue weighted by Crippen LogP contribution is 2.25. The van der Waals surface area contributed by atoms with Gasteiger partial charge in [0, 0.05) is 18.7 Å². The lowest BCUT2D eigenvalue weighted by Gasteiger charge is -2.09. The zero-order chi connectivity index (χ0) is 11.7. The fraction of sp³-hybridized carbons (Fsp3) is 0.364. The summed E-state index contributed by atoms with van der Waals surface area (Å²) in [5.41, 5.74) is 9.29. The lowest BCUT2D eigenvalue weighted by atomic mass is 10.0. The molecule has 1 unspecified atom stereocenters. The second-order valence-corrected chi connectivity index (χ2v) is 4.98. The van der Waals surface area contributed by atoms with E-state index in [1.807, 2.05) is 19.4 Å². The van der Waals surface area contributed by atoms with Gasteiger partial charge in [0.25, 0.3) is 0 Å². The number of rotatable bonds is 3. The molecule has 2 rings (SSSR count). The summed E-state index contributed by atoms with van der Waals surface area (Å²) in [4.78, 5) is 0. The fourth-order valence-corrected chi connectivity index (χ4v) is 2.71. The summed E-state index contributed by atoms with van der Waals surface area (Å²) in [6.45, 7) is 1.96. The van der Waals surface area contributed by atoms with Crippen molar-refractivity contribution in [3.8, 4) is 0 Å². The molecule has 1 atom stereocenters. The van der Waals surface area contributed by atoms with Gasteiger partial charge in [-0.25, -0.2) is 0 Å². The normalized spacial score (nSPS) is 13.0. The van der Waals surface area contributed by atoms with Crippen LogP contribution in [-0.4, -0.2) is 9.78 Å². The maximum atomic E-state index is 6.17. The molecule has 86 valence electrons. The second-order valence-electron chi connectivity index (χ2n) is 3.85. The number of halogens is 1. The SMILES string of the molecule is Cc1nn(C)c(Cl)c1CC(N)c1ccsc1. The first-order valence-electron chi connectivity index (χ1n) is 5.05. The quantitative estimate of drug-likeness (QED) is 0.917. The zero-order valence-electron chi connectivity index (χ0n) is 9.27. The average Bonchev–Trinajstić information content (AvgIpc) is 2.83. The van der Waals surface area contributed by atoms with Gasteiger partial charge in [-0.1, -0.05) is 11.6 Å². The molecule has 2 aromatic heterocycles. The van der Waals surface area contributed by atoms with E-state index >= 15 is 0 Å². The van der Waals surface area contributed by atoms with E-state index < -0.39 is 0 Å². The molecule has 0 spiro atoms. The molecular formula is C11H14ClN3S. The summed E-state index contributed by atoms with van der Waals surface area (Å²) in [5, 5.41) is 9.07. The average molecular weight is 256 g/mol. The Kier molecular flexibility index (Phi) is 3.33. The summed E-state index contributed by atoms with van der Waals surface area (Å²) >= 11 is 7.83. The highest BCUT2D eigenvalue weighted by molar-refractivity contribution is 7.07. The van der Waals surface area contributed by atoms with Gasteiger partial charge >= 0.3 is 0 Å². The number of nitrogens with two attached hydrogens (primary N) is 1. The van der Waals surface area contributed by atoms with E-state index in [2.05, 4.69) is 16.5 Å². The van der Waals surface area contributed by atoms with Crippen LogP contribution in [-0.2, 0) is 13.5 Å². The third-order valence-corrected chi connectivity index (χ3v) is 3.84. The number of aryl methyl sites for hydroxylation is 2. The molecule has 16 heavy (non-hydrogen) atoms. The molecule has 3 nitrogen and oxygen atoms in total. The molecule has 0 aliphatic carbocycles. The lowest BCUT2D eigenvalue weighted by Crippen LogP contribution is -2.12. The molecule has 0 amide bonds. The topological polar surface area (TPSA) is 43.8 Å². The summed E-state index contributed by atoms with van der Waals surface area (Å²) in [7, 11) is 1.84. The van der Waals surface area contributed by atoms with Crippen LogP contribution in [0.15, 0.2) is 16.8 Å². The molecule has 2 heterocycles. The summed E-state index contributed by atoms with van der Waals surface area (Å²) < 4.78 is 1.69. The van der Waals surface area contributed by atoms with Gasteiger partial charge in [-0.3, -0.25) is 4.68 Å². The van der Waals surface area contributed by atoms with Crippen molar-refractivity contribution in [3.05, 3.63) is 38.8 Å². The van der Waals surface area contributed by atoms with Gasteiger partial charge in [-0.15, -0.1) is 0 Å². The van der Waals surface area contributed by atoms with Crippen LogP contribution in [0.3, 0.4) is 0 Å². The fourth-order valence-electron chi connectivity index (χ4n) is 1.73. The third kappa shape index (κ3) is 2.14. The Morgan fingerprint density at radius 2 is 2.38 bits per heavy atom. The molecule has 2 aromatic rings. The van der Waals surface area contributed by atoms with Crippen molar-refractivity contribution >= 4 is 22.9 Å². The minimum Gasteiger partial charge on any atom is -0.324 e. The van der Waals surface area contributed by atoms with Crippen molar-refractivity contribution in [2.45, 2.75) is 19.4 Å². The van der Waals surface area contributed by atoms with Gasteiger partial charge in [0.05, 0.1) is 5.69 Å². The van der Waals surface area contributed by atoms with Gasteiger partial charge in [0.2, 0.25) is 0 Å². The standard InChI is InChI=1S/C11H14ClN3S/c1-7-9(11(12)15(2)14-7)5-10(13)8-3-4-16-6-8/h3-4,6,10H,5,13H2,1-2H3.